The van der Waals surface area contributed by atoms with Crippen molar-refractivity contribution in [1.29, 1.82) is 0 Å². The molecule has 0 aliphatic carbocycles. The summed E-state index contributed by atoms with van der Waals surface area (Å²) < 4.78 is 11.5. The number of urea groups is 1. The van der Waals surface area contributed by atoms with E-state index in [2.05, 4.69) is 29.2 Å². The first kappa shape index (κ1) is 23.6. The van der Waals surface area contributed by atoms with E-state index in [1.54, 1.807) is 0 Å². The lowest BCUT2D eigenvalue weighted by Crippen LogP contribution is -2.53. The van der Waals surface area contributed by atoms with Gasteiger partial charge in [-0.05, 0) is 36.1 Å². The fraction of sp³-hybridized carbons (Fsp3) is 0.889. The number of hydrogen-bond acceptors (Lipinski definition) is 5. The van der Waals surface area contributed by atoms with Crippen LogP contribution in [0.15, 0.2) is 5.11 Å². The smallest absolute Gasteiger partial charge is 0.324 e. The standard InChI is InChI=1S/C18H29B2N5O4/c1-9(2)11-5-14(19)28-13(11)8-25(16(26)7-22-24-21)18(27)23-12-6-15(20)29-17(12)10(3)4/h9-15,17H,5-8H2,1-4H3,(H,23,27). The van der Waals surface area contributed by atoms with Gasteiger partial charge in [-0.15, -0.1) is 0 Å². The predicted molar refractivity (Wildman–Crippen MR) is 109 cm³/mol. The molecule has 29 heavy (non-hydrogen) atoms. The SMILES string of the molecule is [B]C1CC(C(C)C)C(CN(C(=O)CN=[N+]=[N-])C(=O)NC2CC([B])OC2C(C)C)O1. The third kappa shape index (κ3) is 6.14. The molecule has 156 valence electrons. The van der Waals surface area contributed by atoms with Gasteiger partial charge >= 0.3 is 6.03 Å². The van der Waals surface area contributed by atoms with Gasteiger partial charge in [0.25, 0.3) is 0 Å². The highest BCUT2D eigenvalue weighted by Gasteiger charge is 2.40. The summed E-state index contributed by atoms with van der Waals surface area (Å²) in [4.78, 5) is 29.3. The third-order valence-corrected chi connectivity index (χ3v) is 5.55. The zero-order valence-electron chi connectivity index (χ0n) is 17.5. The number of carbonyl (C=O) groups is 2. The van der Waals surface area contributed by atoms with Gasteiger partial charge in [-0.2, -0.15) is 0 Å². The Morgan fingerprint density at radius 3 is 2.41 bits per heavy atom. The number of ether oxygens (including phenoxy) is 2. The second kappa shape index (κ2) is 10.4. The number of carbonyl (C=O) groups excluding carboxylic acids is 2. The molecule has 0 aromatic carbocycles. The number of azide groups is 1. The van der Waals surface area contributed by atoms with E-state index in [1.165, 1.54) is 0 Å². The molecule has 9 nitrogen and oxygen atoms in total. The molecule has 2 fully saturated rings. The lowest BCUT2D eigenvalue weighted by Gasteiger charge is -2.30. The number of imide groups is 1. The molecule has 3 amide bonds. The van der Waals surface area contributed by atoms with Gasteiger partial charge in [-0.25, -0.2) is 4.79 Å². The molecule has 6 atom stereocenters. The number of hydrogen-bond donors (Lipinski definition) is 1. The largest absolute Gasteiger partial charge is 0.383 e. The third-order valence-electron chi connectivity index (χ3n) is 5.55. The van der Waals surface area contributed by atoms with Gasteiger partial charge in [0, 0.05) is 16.9 Å². The first-order valence-corrected chi connectivity index (χ1v) is 10.1. The molecule has 0 aromatic heterocycles. The summed E-state index contributed by atoms with van der Waals surface area (Å²) in [5.74, 6) is -0.0738. The molecule has 1 N–H and O–H groups in total. The Kier molecular flexibility index (Phi) is 8.43. The minimum atomic E-state index is -0.601. The van der Waals surface area contributed by atoms with Crippen LogP contribution in [0.1, 0.15) is 40.5 Å². The van der Waals surface area contributed by atoms with Crippen LogP contribution >= 0.6 is 0 Å². The summed E-state index contributed by atoms with van der Waals surface area (Å²) in [6.45, 7) is 7.64. The zero-order valence-corrected chi connectivity index (χ0v) is 17.5. The second-order valence-corrected chi connectivity index (χ2v) is 8.42. The molecular formula is C18H29B2N5O4. The average Bonchev–Trinajstić information content (AvgIpc) is 3.19. The highest BCUT2D eigenvalue weighted by Crippen LogP contribution is 2.32. The number of rotatable bonds is 7. The maximum absolute atomic E-state index is 13.0. The van der Waals surface area contributed by atoms with Crippen LogP contribution in [-0.4, -0.2) is 75.9 Å². The van der Waals surface area contributed by atoms with Crippen molar-refractivity contribution < 1.29 is 19.1 Å². The Labute approximate surface area is 174 Å². The van der Waals surface area contributed by atoms with Crippen LogP contribution in [0.2, 0.25) is 0 Å². The van der Waals surface area contributed by atoms with E-state index < -0.39 is 30.5 Å². The maximum atomic E-state index is 13.0. The van der Waals surface area contributed by atoms with Crippen molar-refractivity contribution in [2.45, 2.75) is 70.8 Å². The molecule has 2 rings (SSSR count). The van der Waals surface area contributed by atoms with Crippen molar-refractivity contribution in [3.05, 3.63) is 10.4 Å². The van der Waals surface area contributed by atoms with Crippen LogP contribution in [0.25, 0.3) is 10.4 Å². The second-order valence-electron chi connectivity index (χ2n) is 8.42. The molecule has 4 radical (unpaired) electrons. The summed E-state index contributed by atoms with van der Waals surface area (Å²) in [5, 5.41) is 6.17. The Morgan fingerprint density at radius 1 is 1.17 bits per heavy atom. The van der Waals surface area contributed by atoms with E-state index in [0.29, 0.717) is 12.8 Å². The molecule has 6 unspecified atom stereocenters. The van der Waals surface area contributed by atoms with Crippen molar-refractivity contribution in [3.8, 4) is 0 Å². The van der Waals surface area contributed by atoms with Gasteiger partial charge in [0.05, 0.1) is 24.8 Å². The summed E-state index contributed by atoms with van der Waals surface area (Å²) in [6, 6.07) is -1.80. The van der Waals surface area contributed by atoms with Crippen molar-refractivity contribution in [1.82, 2.24) is 10.2 Å². The van der Waals surface area contributed by atoms with Crippen molar-refractivity contribution in [2.75, 3.05) is 13.1 Å². The van der Waals surface area contributed by atoms with E-state index in [9.17, 15) is 9.59 Å². The summed E-state index contributed by atoms with van der Waals surface area (Å²) in [7, 11) is 11.8. The molecule has 2 saturated heterocycles. The minimum Gasteiger partial charge on any atom is -0.383 e. The van der Waals surface area contributed by atoms with Gasteiger partial charge in [0.15, 0.2) is 0 Å². The molecule has 2 aliphatic heterocycles. The highest BCUT2D eigenvalue weighted by atomic mass is 16.5. The van der Waals surface area contributed by atoms with Gasteiger partial charge in [0.2, 0.25) is 5.91 Å². The van der Waals surface area contributed by atoms with Crippen LogP contribution in [0.3, 0.4) is 0 Å². The van der Waals surface area contributed by atoms with Crippen LogP contribution in [0, 0.1) is 17.8 Å². The van der Waals surface area contributed by atoms with Crippen molar-refractivity contribution in [3.63, 3.8) is 0 Å². The monoisotopic (exact) mass is 401 g/mol. The van der Waals surface area contributed by atoms with E-state index in [-0.39, 0.29) is 42.5 Å². The fourth-order valence-electron chi connectivity index (χ4n) is 4.07. The zero-order chi connectivity index (χ0) is 21.7. The molecule has 0 aromatic rings. The lowest BCUT2D eigenvalue weighted by atomic mass is 9.84. The van der Waals surface area contributed by atoms with Crippen molar-refractivity contribution in [2.24, 2.45) is 22.9 Å². The van der Waals surface area contributed by atoms with Crippen LogP contribution in [0.5, 0.6) is 0 Å². The molecule has 0 spiro atoms. The van der Waals surface area contributed by atoms with Gasteiger partial charge in [0.1, 0.15) is 22.2 Å². The average molecular weight is 401 g/mol. The Bertz CT molecular complexity index is 644. The van der Waals surface area contributed by atoms with Crippen molar-refractivity contribution >= 4 is 27.6 Å². The Balaban J connectivity index is 2.15. The van der Waals surface area contributed by atoms with Gasteiger partial charge in [-0.1, -0.05) is 32.8 Å². The fourth-order valence-corrected chi connectivity index (χ4v) is 4.07. The normalized spacial score (nSPS) is 31.7. The topological polar surface area (TPSA) is 117 Å². The van der Waals surface area contributed by atoms with Gasteiger partial charge in [-0.3, -0.25) is 9.69 Å². The van der Waals surface area contributed by atoms with E-state index in [0.717, 1.165) is 4.90 Å². The minimum absolute atomic E-state index is 0.0359. The lowest BCUT2D eigenvalue weighted by molar-refractivity contribution is -0.128. The van der Waals surface area contributed by atoms with E-state index in [1.807, 2.05) is 13.8 Å². The maximum Gasteiger partial charge on any atom is 0.324 e. The molecular weight excluding hydrogens is 372 g/mol. The predicted octanol–water partition coefficient (Wildman–Crippen LogP) is 1.70. The molecule has 2 aliphatic rings. The Hall–Kier alpha value is -1.70. The number of amides is 3. The molecule has 11 heteroatoms. The molecule has 0 saturated carbocycles. The highest BCUT2D eigenvalue weighted by molar-refractivity contribution is 6.11. The Morgan fingerprint density at radius 2 is 1.83 bits per heavy atom. The summed E-state index contributed by atoms with van der Waals surface area (Å²) in [6.07, 6.45) is 0.478. The van der Waals surface area contributed by atoms with Crippen LogP contribution in [0.4, 0.5) is 4.79 Å². The van der Waals surface area contributed by atoms with Crippen LogP contribution in [-0.2, 0) is 14.3 Å². The first-order valence-electron chi connectivity index (χ1n) is 10.1. The summed E-state index contributed by atoms with van der Waals surface area (Å²) in [5.41, 5.74) is 8.54. The number of nitrogens with zero attached hydrogens (tertiary/aromatic N) is 4. The number of nitrogens with one attached hydrogen (secondary N) is 1. The molecule has 2 heterocycles. The van der Waals surface area contributed by atoms with Crippen LogP contribution < -0.4 is 5.32 Å². The molecule has 0 bridgehead atoms. The van der Waals surface area contributed by atoms with E-state index >= 15 is 0 Å². The summed E-state index contributed by atoms with van der Waals surface area (Å²) >= 11 is 0. The first-order chi connectivity index (χ1) is 13.6. The van der Waals surface area contributed by atoms with Gasteiger partial charge < -0.3 is 14.8 Å². The van der Waals surface area contributed by atoms with E-state index in [4.69, 9.17) is 30.7 Å². The quantitative estimate of drug-likeness (QED) is 0.303.